The number of nitrogens with one attached hydrogen (secondary N) is 2. The fourth-order valence-corrected chi connectivity index (χ4v) is 2.32. The summed E-state index contributed by atoms with van der Waals surface area (Å²) in [6.45, 7) is 0. The summed E-state index contributed by atoms with van der Waals surface area (Å²) >= 11 is 0.993. The third-order valence-electron chi connectivity index (χ3n) is 2.63. The molecule has 0 atom stereocenters. The Morgan fingerprint density at radius 3 is 2.23 bits per heavy atom. The SMILES string of the molecule is O=C(CSc1ccccc1F)NNC(=O)c1ccccc1F. The summed E-state index contributed by atoms with van der Waals surface area (Å²) < 4.78 is 26.7. The summed E-state index contributed by atoms with van der Waals surface area (Å²) in [5.74, 6) is -2.48. The number of carbonyl (C=O) groups excluding carboxylic acids is 2. The van der Waals surface area contributed by atoms with E-state index in [-0.39, 0.29) is 11.3 Å². The van der Waals surface area contributed by atoms with Gasteiger partial charge in [0.2, 0.25) is 5.91 Å². The Kier molecular flexibility index (Phi) is 5.48. The van der Waals surface area contributed by atoms with E-state index in [1.807, 2.05) is 0 Å². The minimum Gasteiger partial charge on any atom is -0.272 e. The molecule has 2 amide bonds. The van der Waals surface area contributed by atoms with Gasteiger partial charge in [0.25, 0.3) is 5.91 Å². The number of thioether (sulfide) groups is 1. The first-order valence-corrected chi connectivity index (χ1v) is 7.27. The number of carbonyl (C=O) groups is 2. The normalized spacial score (nSPS) is 10.1. The number of hydrazine groups is 1. The molecule has 0 aliphatic carbocycles. The molecule has 0 fully saturated rings. The molecule has 0 heterocycles. The fourth-order valence-electron chi connectivity index (χ4n) is 1.58. The van der Waals surface area contributed by atoms with Crippen LogP contribution in [0.25, 0.3) is 0 Å². The molecule has 0 aliphatic heterocycles. The number of halogens is 2. The third-order valence-corrected chi connectivity index (χ3v) is 3.68. The van der Waals surface area contributed by atoms with Gasteiger partial charge in [-0.1, -0.05) is 24.3 Å². The van der Waals surface area contributed by atoms with Crippen molar-refractivity contribution >= 4 is 23.6 Å². The number of hydrogen-bond donors (Lipinski definition) is 2. The number of benzene rings is 2. The highest BCUT2D eigenvalue weighted by Crippen LogP contribution is 2.20. The van der Waals surface area contributed by atoms with Crippen LogP contribution in [-0.2, 0) is 4.79 Å². The van der Waals surface area contributed by atoms with Crippen molar-refractivity contribution in [3.05, 3.63) is 65.7 Å². The average Bonchev–Trinajstić information content (AvgIpc) is 2.52. The van der Waals surface area contributed by atoms with Crippen LogP contribution in [-0.4, -0.2) is 17.6 Å². The monoisotopic (exact) mass is 322 g/mol. The summed E-state index contributed by atoms with van der Waals surface area (Å²) in [7, 11) is 0. The lowest BCUT2D eigenvalue weighted by Crippen LogP contribution is -2.42. The van der Waals surface area contributed by atoms with E-state index < -0.39 is 23.4 Å². The van der Waals surface area contributed by atoms with Crippen molar-refractivity contribution in [1.29, 1.82) is 0 Å². The number of hydrogen-bond acceptors (Lipinski definition) is 3. The van der Waals surface area contributed by atoms with E-state index in [0.717, 1.165) is 17.8 Å². The van der Waals surface area contributed by atoms with Crippen LogP contribution in [0.5, 0.6) is 0 Å². The van der Waals surface area contributed by atoms with Gasteiger partial charge >= 0.3 is 0 Å². The summed E-state index contributed by atoms with van der Waals surface area (Å²) in [5.41, 5.74) is 4.08. The predicted molar refractivity (Wildman–Crippen MR) is 79.1 cm³/mol. The van der Waals surface area contributed by atoms with Crippen LogP contribution in [0, 0.1) is 11.6 Å². The molecule has 2 aromatic rings. The molecular weight excluding hydrogens is 310 g/mol. The van der Waals surface area contributed by atoms with Gasteiger partial charge in [0, 0.05) is 4.90 Å². The van der Waals surface area contributed by atoms with Crippen LogP contribution >= 0.6 is 11.8 Å². The minimum absolute atomic E-state index is 0.0848. The molecule has 22 heavy (non-hydrogen) atoms. The lowest BCUT2D eigenvalue weighted by atomic mass is 10.2. The van der Waals surface area contributed by atoms with Gasteiger partial charge in [-0.05, 0) is 24.3 Å². The molecule has 0 saturated heterocycles. The minimum atomic E-state index is -0.762. The van der Waals surface area contributed by atoms with Crippen molar-refractivity contribution in [1.82, 2.24) is 10.9 Å². The maximum atomic E-state index is 13.4. The predicted octanol–water partition coefficient (Wildman–Crippen LogP) is 2.52. The Morgan fingerprint density at radius 1 is 0.909 bits per heavy atom. The molecule has 2 N–H and O–H groups in total. The lowest BCUT2D eigenvalue weighted by Gasteiger charge is -2.08. The molecule has 2 aromatic carbocycles. The van der Waals surface area contributed by atoms with Crippen LogP contribution in [0.15, 0.2) is 53.4 Å². The van der Waals surface area contributed by atoms with Crippen molar-refractivity contribution in [2.75, 3.05) is 5.75 Å². The Hall–Kier alpha value is -2.41. The lowest BCUT2D eigenvalue weighted by molar-refractivity contribution is -0.119. The summed E-state index contributed by atoms with van der Waals surface area (Å²) in [6.07, 6.45) is 0. The van der Waals surface area contributed by atoms with Crippen LogP contribution in [0.1, 0.15) is 10.4 Å². The van der Waals surface area contributed by atoms with E-state index in [1.54, 1.807) is 18.2 Å². The van der Waals surface area contributed by atoms with Crippen molar-refractivity contribution < 1.29 is 18.4 Å². The molecule has 2 rings (SSSR count). The molecule has 0 spiro atoms. The van der Waals surface area contributed by atoms with Gasteiger partial charge in [-0.25, -0.2) is 8.78 Å². The van der Waals surface area contributed by atoms with E-state index in [0.29, 0.717) is 4.90 Å². The van der Waals surface area contributed by atoms with Gasteiger partial charge in [-0.15, -0.1) is 11.8 Å². The third kappa shape index (κ3) is 4.29. The Labute approximate surface area is 129 Å². The quantitative estimate of drug-likeness (QED) is 0.672. The molecule has 0 aliphatic rings. The van der Waals surface area contributed by atoms with E-state index in [4.69, 9.17) is 0 Å². The highest BCUT2D eigenvalue weighted by atomic mass is 32.2. The Morgan fingerprint density at radius 2 is 1.55 bits per heavy atom. The van der Waals surface area contributed by atoms with Crippen LogP contribution < -0.4 is 10.9 Å². The zero-order valence-electron chi connectivity index (χ0n) is 11.3. The maximum absolute atomic E-state index is 13.4. The topological polar surface area (TPSA) is 58.2 Å². The van der Waals surface area contributed by atoms with E-state index in [2.05, 4.69) is 10.9 Å². The molecule has 0 unspecified atom stereocenters. The van der Waals surface area contributed by atoms with Crippen molar-refractivity contribution in [2.45, 2.75) is 4.90 Å². The second-order valence-electron chi connectivity index (χ2n) is 4.20. The first-order chi connectivity index (χ1) is 10.6. The van der Waals surface area contributed by atoms with Gasteiger partial charge in [-0.2, -0.15) is 0 Å². The summed E-state index contributed by atoms with van der Waals surface area (Å²) in [6, 6.07) is 11.4. The van der Waals surface area contributed by atoms with E-state index >= 15 is 0 Å². The molecular formula is C15H12F2N2O2S. The zero-order chi connectivity index (χ0) is 15.9. The highest BCUT2D eigenvalue weighted by Gasteiger charge is 2.12. The van der Waals surface area contributed by atoms with Gasteiger partial charge in [0.1, 0.15) is 11.6 Å². The molecule has 0 saturated carbocycles. The van der Waals surface area contributed by atoms with E-state index in [9.17, 15) is 18.4 Å². The molecule has 0 bridgehead atoms. The first-order valence-electron chi connectivity index (χ1n) is 6.29. The van der Waals surface area contributed by atoms with Gasteiger partial charge < -0.3 is 0 Å². The highest BCUT2D eigenvalue weighted by molar-refractivity contribution is 8.00. The van der Waals surface area contributed by atoms with Crippen LogP contribution in [0.3, 0.4) is 0 Å². The fraction of sp³-hybridized carbons (Fsp3) is 0.0667. The second-order valence-corrected chi connectivity index (χ2v) is 5.22. The van der Waals surface area contributed by atoms with Gasteiger partial charge in [0.15, 0.2) is 0 Å². The molecule has 4 nitrogen and oxygen atoms in total. The molecule has 7 heteroatoms. The summed E-state index contributed by atoms with van der Waals surface area (Å²) in [5, 5.41) is 0. The van der Waals surface area contributed by atoms with E-state index in [1.165, 1.54) is 24.3 Å². The van der Waals surface area contributed by atoms with Crippen molar-refractivity contribution in [3.8, 4) is 0 Å². The standard InChI is InChI=1S/C15H12F2N2O2S/c16-11-6-2-1-5-10(11)15(21)19-18-14(20)9-22-13-8-4-3-7-12(13)17/h1-8H,9H2,(H,18,20)(H,19,21). The Bertz CT molecular complexity index is 695. The number of amides is 2. The van der Waals surface area contributed by atoms with Crippen molar-refractivity contribution in [2.24, 2.45) is 0 Å². The Balaban J connectivity index is 1.82. The second kappa shape index (κ2) is 7.56. The number of rotatable bonds is 4. The molecule has 0 aromatic heterocycles. The van der Waals surface area contributed by atoms with Gasteiger partial charge in [-0.3, -0.25) is 20.4 Å². The van der Waals surface area contributed by atoms with Gasteiger partial charge in [0.05, 0.1) is 11.3 Å². The van der Waals surface area contributed by atoms with Crippen LogP contribution in [0.2, 0.25) is 0 Å². The molecule has 114 valence electrons. The summed E-state index contributed by atoms with van der Waals surface area (Å²) in [4.78, 5) is 23.6. The maximum Gasteiger partial charge on any atom is 0.272 e. The first kappa shape index (κ1) is 16.0. The van der Waals surface area contributed by atoms with Crippen molar-refractivity contribution in [3.63, 3.8) is 0 Å². The van der Waals surface area contributed by atoms with Crippen LogP contribution in [0.4, 0.5) is 8.78 Å². The average molecular weight is 322 g/mol. The smallest absolute Gasteiger partial charge is 0.272 e. The zero-order valence-corrected chi connectivity index (χ0v) is 12.1. The largest absolute Gasteiger partial charge is 0.272 e. The molecule has 0 radical (unpaired) electrons.